The van der Waals surface area contributed by atoms with E-state index >= 15 is 0 Å². The smallest absolute Gasteiger partial charge is 0.0858 e. The molecule has 3 rings (SSSR count). The summed E-state index contributed by atoms with van der Waals surface area (Å²) in [5.74, 6) is 0.896. The Hall–Kier alpha value is -1.84. The van der Waals surface area contributed by atoms with Crippen LogP contribution in [0.3, 0.4) is 0 Å². The van der Waals surface area contributed by atoms with Crippen LogP contribution < -0.4 is 5.32 Å². The fourth-order valence-corrected chi connectivity index (χ4v) is 1.65. The van der Waals surface area contributed by atoms with Gasteiger partial charge in [0.1, 0.15) is 0 Å². The molecule has 1 aromatic carbocycles. The molecule has 0 saturated heterocycles. The molecule has 0 aliphatic heterocycles. The number of aromatic nitrogens is 3. The summed E-state index contributed by atoms with van der Waals surface area (Å²) in [6.07, 6.45) is 6.11. The molecule has 82 valence electrons. The molecule has 16 heavy (non-hydrogen) atoms. The van der Waals surface area contributed by atoms with Crippen LogP contribution in [0.2, 0.25) is 0 Å². The maximum Gasteiger partial charge on any atom is 0.0858 e. The van der Waals surface area contributed by atoms with Gasteiger partial charge in [0.15, 0.2) is 0 Å². The summed E-state index contributed by atoms with van der Waals surface area (Å²) < 4.78 is 0. The molecule has 0 unspecified atom stereocenters. The first kappa shape index (κ1) is 9.39. The number of anilines is 1. The molecular weight excluding hydrogens is 200 g/mol. The van der Waals surface area contributed by atoms with E-state index in [0.29, 0.717) is 0 Å². The van der Waals surface area contributed by atoms with E-state index in [1.54, 1.807) is 17.2 Å². The lowest BCUT2D eigenvalue weighted by atomic mass is 10.3. The lowest BCUT2D eigenvalue weighted by molar-refractivity contribution is 0.752. The third-order valence-electron chi connectivity index (χ3n) is 2.81. The van der Waals surface area contributed by atoms with Crippen LogP contribution in [0.15, 0.2) is 36.7 Å². The van der Waals surface area contributed by atoms with Crippen LogP contribution in [-0.4, -0.2) is 21.5 Å². The van der Waals surface area contributed by atoms with Gasteiger partial charge in [0.05, 0.1) is 18.1 Å². The molecule has 0 atom stereocenters. The number of rotatable bonds is 4. The monoisotopic (exact) mass is 214 g/mol. The Morgan fingerprint density at radius 2 is 1.81 bits per heavy atom. The molecule has 1 aliphatic carbocycles. The van der Waals surface area contributed by atoms with Crippen LogP contribution in [0.4, 0.5) is 5.69 Å². The first-order valence-corrected chi connectivity index (χ1v) is 5.62. The van der Waals surface area contributed by atoms with Crippen LogP contribution >= 0.6 is 0 Å². The molecule has 1 aliphatic rings. The first-order chi connectivity index (χ1) is 7.92. The molecule has 4 heteroatoms. The topological polar surface area (TPSA) is 42.7 Å². The molecule has 2 aromatic rings. The average Bonchev–Trinajstić information content (AvgIpc) is 3.00. The molecule has 4 nitrogen and oxygen atoms in total. The summed E-state index contributed by atoms with van der Waals surface area (Å²) in [4.78, 5) is 1.62. The van der Waals surface area contributed by atoms with Crippen molar-refractivity contribution in [2.45, 2.75) is 12.8 Å². The van der Waals surface area contributed by atoms with Crippen LogP contribution in [0.1, 0.15) is 12.8 Å². The third kappa shape index (κ3) is 2.05. The van der Waals surface area contributed by atoms with Gasteiger partial charge in [-0.1, -0.05) is 0 Å². The van der Waals surface area contributed by atoms with Gasteiger partial charge in [0, 0.05) is 12.2 Å². The SMILES string of the molecule is c1cnn(-c2ccc(NCC3CC3)cc2)n1. The lowest BCUT2D eigenvalue weighted by Gasteiger charge is -2.06. The van der Waals surface area contributed by atoms with E-state index < -0.39 is 0 Å². The molecule has 1 aromatic heterocycles. The zero-order valence-electron chi connectivity index (χ0n) is 9.00. The molecule has 1 N–H and O–H groups in total. The Morgan fingerprint density at radius 1 is 1.12 bits per heavy atom. The maximum atomic E-state index is 4.09. The third-order valence-corrected chi connectivity index (χ3v) is 2.81. The number of benzene rings is 1. The Bertz CT molecular complexity index is 442. The highest BCUT2D eigenvalue weighted by Gasteiger charge is 2.20. The minimum atomic E-state index is 0.896. The van der Waals surface area contributed by atoms with Crippen molar-refractivity contribution >= 4 is 5.69 Å². The van der Waals surface area contributed by atoms with Crippen LogP contribution in [-0.2, 0) is 0 Å². The van der Waals surface area contributed by atoms with Crippen molar-refractivity contribution < 1.29 is 0 Å². The van der Waals surface area contributed by atoms with Gasteiger partial charge in [-0.05, 0) is 43.0 Å². The van der Waals surface area contributed by atoms with E-state index in [1.807, 2.05) is 12.1 Å². The molecular formula is C12H14N4. The second-order valence-electron chi connectivity index (χ2n) is 4.19. The summed E-state index contributed by atoms with van der Waals surface area (Å²) >= 11 is 0. The largest absolute Gasteiger partial charge is 0.385 e. The van der Waals surface area contributed by atoms with Gasteiger partial charge in [-0.3, -0.25) is 0 Å². The summed E-state index contributed by atoms with van der Waals surface area (Å²) in [5, 5.41) is 11.6. The second-order valence-corrected chi connectivity index (χ2v) is 4.19. The Morgan fingerprint density at radius 3 is 2.44 bits per heavy atom. The van der Waals surface area contributed by atoms with E-state index in [0.717, 1.165) is 18.2 Å². The van der Waals surface area contributed by atoms with Crippen molar-refractivity contribution in [2.24, 2.45) is 5.92 Å². The molecule has 0 spiro atoms. The minimum absolute atomic E-state index is 0.896. The van der Waals surface area contributed by atoms with Gasteiger partial charge in [-0.2, -0.15) is 15.0 Å². The molecule has 0 bridgehead atoms. The Labute approximate surface area is 94.3 Å². The maximum absolute atomic E-state index is 4.09. The molecule has 0 amide bonds. The fraction of sp³-hybridized carbons (Fsp3) is 0.333. The Kier molecular flexibility index (Phi) is 2.33. The van der Waals surface area contributed by atoms with Crippen molar-refractivity contribution in [1.82, 2.24) is 15.0 Å². The van der Waals surface area contributed by atoms with Crippen LogP contribution in [0.5, 0.6) is 0 Å². The normalized spacial score (nSPS) is 15.0. The Balaban J connectivity index is 1.69. The van der Waals surface area contributed by atoms with E-state index in [2.05, 4.69) is 27.6 Å². The van der Waals surface area contributed by atoms with Crippen LogP contribution in [0.25, 0.3) is 5.69 Å². The van der Waals surface area contributed by atoms with Crippen LogP contribution in [0, 0.1) is 5.92 Å². The molecule has 1 saturated carbocycles. The molecule has 1 fully saturated rings. The zero-order valence-corrected chi connectivity index (χ0v) is 9.00. The predicted octanol–water partition coefficient (Wildman–Crippen LogP) is 2.09. The van der Waals surface area contributed by atoms with E-state index in [-0.39, 0.29) is 0 Å². The summed E-state index contributed by atoms with van der Waals surface area (Å²) in [6, 6.07) is 8.19. The number of nitrogens with zero attached hydrogens (tertiary/aromatic N) is 3. The van der Waals surface area contributed by atoms with Gasteiger partial charge in [-0.15, -0.1) is 0 Å². The van der Waals surface area contributed by atoms with Crippen molar-refractivity contribution in [2.75, 3.05) is 11.9 Å². The summed E-state index contributed by atoms with van der Waals surface area (Å²) in [6.45, 7) is 1.10. The minimum Gasteiger partial charge on any atom is -0.385 e. The number of nitrogens with one attached hydrogen (secondary N) is 1. The van der Waals surface area contributed by atoms with E-state index in [9.17, 15) is 0 Å². The highest BCUT2D eigenvalue weighted by molar-refractivity contribution is 5.48. The zero-order chi connectivity index (χ0) is 10.8. The first-order valence-electron chi connectivity index (χ1n) is 5.62. The molecule has 1 heterocycles. The number of hydrogen-bond acceptors (Lipinski definition) is 3. The summed E-state index contributed by atoms with van der Waals surface area (Å²) in [7, 11) is 0. The van der Waals surface area contributed by atoms with Crippen molar-refractivity contribution in [1.29, 1.82) is 0 Å². The lowest BCUT2D eigenvalue weighted by Crippen LogP contribution is -2.03. The number of hydrogen-bond donors (Lipinski definition) is 1. The highest BCUT2D eigenvalue weighted by Crippen LogP contribution is 2.28. The van der Waals surface area contributed by atoms with Crippen molar-refractivity contribution in [3.05, 3.63) is 36.7 Å². The van der Waals surface area contributed by atoms with Crippen molar-refractivity contribution in [3.8, 4) is 5.69 Å². The standard InChI is InChI=1S/C12H14N4/c1-2-10(1)9-13-11-3-5-12(6-4-11)16-14-7-8-15-16/h3-8,10,13H,1-2,9H2. The van der Waals surface area contributed by atoms with Gasteiger partial charge >= 0.3 is 0 Å². The average molecular weight is 214 g/mol. The quantitative estimate of drug-likeness (QED) is 0.847. The van der Waals surface area contributed by atoms with Gasteiger partial charge in [0.2, 0.25) is 0 Å². The highest BCUT2D eigenvalue weighted by atomic mass is 15.5. The van der Waals surface area contributed by atoms with Crippen molar-refractivity contribution in [3.63, 3.8) is 0 Å². The second kappa shape index (κ2) is 3.96. The molecule has 0 radical (unpaired) electrons. The van der Waals surface area contributed by atoms with E-state index in [1.165, 1.54) is 18.5 Å². The van der Waals surface area contributed by atoms with Gasteiger partial charge < -0.3 is 5.32 Å². The van der Waals surface area contributed by atoms with Gasteiger partial charge in [-0.25, -0.2) is 0 Å². The van der Waals surface area contributed by atoms with Gasteiger partial charge in [0.25, 0.3) is 0 Å². The van der Waals surface area contributed by atoms with E-state index in [4.69, 9.17) is 0 Å². The summed E-state index contributed by atoms with van der Waals surface area (Å²) in [5.41, 5.74) is 2.16. The predicted molar refractivity (Wildman–Crippen MR) is 62.6 cm³/mol. The fourth-order valence-electron chi connectivity index (χ4n) is 1.65.